The van der Waals surface area contributed by atoms with Crippen LogP contribution in [0.1, 0.15) is 11.1 Å². The molecule has 2 aliphatic heterocycles. The summed E-state index contributed by atoms with van der Waals surface area (Å²) in [5, 5.41) is 11.0. The van der Waals surface area contributed by atoms with Crippen molar-refractivity contribution < 1.29 is 0 Å². The van der Waals surface area contributed by atoms with Gasteiger partial charge in [-0.05, 0) is 41.9 Å². The van der Waals surface area contributed by atoms with E-state index in [2.05, 4.69) is 51.7 Å². The number of thiophene rings is 1. The standard InChI is InChI=1S/C22H23N5S2/c1-13-18-20(28-22(13)27-11-16-8-23-9-17(16)12-27)21(29-26-18)25-10-15-5-2-4-14-6-3-7-24-19(14)15/h2-7,16-17,23,25H,8-12H2,1H3. The molecule has 0 saturated carbocycles. The van der Waals surface area contributed by atoms with Crippen molar-refractivity contribution in [3.63, 3.8) is 0 Å². The molecule has 2 unspecified atom stereocenters. The maximum Gasteiger partial charge on any atom is 0.127 e. The molecule has 0 radical (unpaired) electrons. The third-order valence-electron chi connectivity index (χ3n) is 6.36. The third-order valence-corrected chi connectivity index (χ3v) is 8.65. The van der Waals surface area contributed by atoms with Crippen LogP contribution in [0.2, 0.25) is 0 Å². The highest BCUT2D eigenvalue weighted by Crippen LogP contribution is 2.45. The first-order chi connectivity index (χ1) is 14.3. The number of benzene rings is 1. The largest absolute Gasteiger partial charge is 0.370 e. The van der Waals surface area contributed by atoms with Crippen molar-refractivity contribution >= 4 is 54.0 Å². The van der Waals surface area contributed by atoms with Crippen molar-refractivity contribution in [1.82, 2.24) is 14.7 Å². The molecule has 2 N–H and O–H groups in total. The Hall–Kier alpha value is -2.22. The van der Waals surface area contributed by atoms with E-state index in [4.69, 9.17) is 4.37 Å². The van der Waals surface area contributed by atoms with Crippen molar-refractivity contribution in [1.29, 1.82) is 0 Å². The van der Waals surface area contributed by atoms with Gasteiger partial charge in [-0.2, -0.15) is 4.37 Å². The van der Waals surface area contributed by atoms with Crippen molar-refractivity contribution in [2.24, 2.45) is 11.8 Å². The minimum atomic E-state index is 0.761. The summed E-state index contributed by atoms with van der Waals surface area (Å²) in [6, 6.07) is 10.5. The lowest BCUT2D eigenvalue weighted by Crippen LogP contribution is -2.25. The van der Waals surface area contributed by atoms with E-state index < -0.39 is 0 Å². The summed E-state index contributed by atoms with van der Waals surface area (Å²) in [6.07, 6.45) is 1.87. The minimum absolute atomic E-state index is 0.761. The number of rotatable bonds is 4. The first-order valence-corrected chi connectivity index (χ1v) is 11.8. The summed E-state index contributed by atoms with van der Waals surface area (Å²) >= 11 is 3.48. The van der Waals surface area contributed by atoms with Gasteiger partial charge in [0.1, 0.15) is 10.5 Å². The average Bonchev–Trinajstić information content (AvgIpc) is 3.48. The Kier molecular flexibility index (Phi) is 4.21. The molecule has 1 aromatic carbocycles. The summed E-state index contributed by atoms with van der Waals surface area (Å²) in [5.74, 6) is 1.61. The Labute approximate surface area is 177 Å². The lowest BCUT2D eigenvalue weighted by molar-refractivity contribution is 0.533. The van der Waals surface area contributed by atoms with Gasteiger partial charge in [0.15, 0.2) is 0 Å². The Bertz CT molecular complexity index is 1180. The lowest BCUT2D eigenvalue weighted by Gasteiger charge is -2.18. The van der Waals surface area contributed by atoms with Crippen molar-refractivity contribution in [3.8, 4) is 0 Å². The zero-order valence-electron chi connectivity index (χ0n) is 16.3. The number of fused-ring (bicyclic) bond motifs is 3. The van der Waals surface area contributed by atoms with Crippen LogP contribution in [0.4, 0.5) is 10.0 Å². The van der Waals surface area contributed by atoms with Gasteiger partial charge in [-0.3, -0.25) is 4.98 Å². The third kappa shape index (κ3) is 2.91. The first-order valence-electron chi connectivity index (χ1n) is 10.2. The molecular weight excluding hydrogens is 398 g/mol. The summed E-state index contributed by atoms with van der Waals surface area (Å²) in [4.78, 5) is 7.18. The quantitative estimate of drug-likeness (QED) is 0.509. The zero-order chi connectivity index (χ0) is 19.4. The second kappa shape index (κ2) is 6.93. The number of aryl methyl sites for hydroxylation is 1. The molecule has 6 rings (SSSR count). The van der Waals surface area contributed by atoms with E-state index in [9.17, 15) is 0 Å². The highest BCUT2D eigenvalue weighted by molar-refractivity contribution is 7.27. The van der Waals surface area contributed by atoms with Crippen LogP contribution < -0.4 is 15.5 Å². The van der Waals surface area contributed by atoms with Crippen LogP contribution in [0.3, 0.4) is 0 Å². The van der Waals surface area contributed by atoms with Crippen molar-refractivity contribution in [2.75, 3.05) is 36.4 Å². The van der Waals surface area contributed by atoms with Gasteiger partial charge in [0.25, 0.3) is 0 Å². The molecule has 148 valence electrons. The van der Waals surface area contributed by atoms with Crippen LogP contribution in [-0.4, -0.2) is 35.5 Å². The number of hydrogen-bond acceptors (Lipinski definition) is 7. The fourth-order valence-corrected chi connectivity index (χ4v) is 7.01. The van der Waals surface area contributed by atoms with Crippen molar-refractivity contribution in [2.45, 2.75) is 13.5 Å². The predicted molar refractivity (Wildman–Crippen MR) is 123 cm³/mol. The Morgan fingerprint density at radius 1 is 1.14 bits per heavy atom. The maximum absolute atomic E-state index is 4.79. The molecule has 7 heteroatoms. The molecule has 29 heavy (non-hydrogen) atoms. The molecular formula is C22H23N5S2. The van der Waals surface area contributed by atoms with Gasteiger partial charge in [0.05, 0.1) is 15.2 Å². The molecule has 0 aliphatic carbocycles. The lowest BCUT2D eigenvalue weighted by atomic mass is 10.0. The number of para-hydroxylation sites is 1. The molecule has 0 spiro atoms. The molecule has 3 aromatic heterocycles. The van der Waals surface area contributed by atoms with Gasteiger partial charge in [0.2, 0.25) is 0 Å². The first kappa shape index (κ1) is 17.6. The van der Waals surface area contributed by atoms with Crippen molar-refractivity contribution in [3.05, 3.63) is 47.7 Å². The number of aromatic nitrogens is 2. The van der Waals surface area contributed by atoms with Crippen LogP contribution in [0.25, 0.3) is 21.1 Å². The Morgan fingerprint density at radius 2 is 1.97 bits per heavy atom. The molecule has 2 fully saturated rings. The highest BCUT2D eigenvalue weighted by atomic mass is 32.1. The molecule has 5 heterocycles. The van der Waals surface area contributed by atoms with Crippen LogP contribution in [-0.2, 0) is 6.54 Å². The van der Waals surface area contributed by atoms with E-state index >= 15 is 0 Å². The fourth-order valence-electron chi connectivity index (χ4n) is 4.81. The number of nitrogens with zero attached hydrogens (tertiary/aromatic N) is 3. The van der Waals surface area contributed by atoms with Crippen LogP contribution in [0.15, 0.2) is 36.5 Å². The molecule has 2 atom stereocenters. The maximum atomic E-state index is 4.79. The topological polar surface area (TPSA) is 53.1 Å². The minimum Gasteiger partial charge on any atom is -0.370 e. The normalized spacial score (nSPS) is 21.3. The van der Waals surface area contributed by atoms with Gasteiger partial charge in [-0.1, -0.05) is 24.3 Å². The summed E-state index contributed by atoms with van der Waals surface area (Å²) < 4.78 is 6.09. The summed E-state index contributed by atoms with van der Waals surface area (Å²) in [5.41, 5.74) is 4.80. The number of anilines is 2. The van der Waals surface area contributed by atoms with Crippen LogP contribution in [0.5, 0.6) is 0 Å². The van der Waals surface area contributed by atoms with Gasteiger partial charge in [-0.15, -0.1) is 11.3 Å². The van der Waals surface area contributed by atoms with E-state index in [1.54, 1.807) is 11.5 Å². The molecule has 4 aromatic rings. The molecule has 2 saturated heterocycles. The van der Waals surface area contributed by atoms with Crippen LogP contribution >= 0.6 is 22.9 Å². The molecule has 5 nitrogen and oxygen atoms in total. The second-order valence-corrected chi connectivity index (χ2v) is 9.92. The highest BCUT2D eigenvalue weighted by Gasteiger charge is 2.37. The van der Waals surface area contributed by atoms with E-state index in [0.29, 0.717) is 0 Å². The zero-order valence-corrected chi connectivity index (χ0v) is 17.9. The van der Waals surface area contributed by atoms with Crippen LogP contribution in [0, 0.1) is 18.8 Å². The van der Waals surface area contributed by atoms with E-state index in [1.165, 1.54) is 62.9 Å². The number of nitrogens with one attached hydrogen (secondary N) is 2. The number of hydrogen-bond donors (Lipinski definition) is 2. The van der Waals surface area contributed by atoms with E-state index in [0.717, 1.165) is 23.9 Å². The SMILES string of the molecule is Cc1c(N2CC3CNCC3C2)sc2c(NCc3cccc4cccnc34)snc12. The smallest absolute Gasteiger partial charge is 0.127 e. The number of pyridine rings is 1. The molecule has 2 aliphatic rings. The van der Waals surface area contributed by atoms with Gasteiger partial charge >= 0.3 is 0 Å². The van der Waals surface area contributed by atoms with Gasteiger partial charge in [0, 0.05) is 49.9 Å². The average molecular weight is 422 g/mol. The van der Waals surface area contributed by atoms with Gasteiger partial charge in [-0.25, -0.2) is 0 Å². The predicted octanol–water partition coefficient (Wildman–Crippen LogP) is 4.48. The Morgan fingerprint density at radius 3 is 2.83 bits per heavy atom. The van der Waals surface area contributed by atoms with Gasteiger partial charge < -0.3 is 15.5 Å². The fraction of sp³-hybridized carbons (Fsp3) is 0.364. The Balaban J connectivity index is 1.28. The molecule has 0 bridgehead atoms. The summed E-state index contributed by atoms with van der Waals surface area (Å²) in [7, 11) is 0. The summed E-state index contributed by atoms with van der Waals surface area (Å²) in [6.45, 7) is 7.69. The van der Waals surface area contributed by atoms with E-state index in [-0.39, 0.29) is 0 Å². The van der Waals surface area contributed by atoms with E-state index in [1.807, 2.05) is 23.6 Å². The molecule has 0 amide bonds. The second-order valence-electron chi connectivity index (χ2n) is 8.15. The monoisotopic (exact) mass is 421 g/mol.